The summed E-state index contributed by atoms with van der Waals surface area (Å²) in [5.74, 6) is 0.614. The summed E-state index contributed by atoms with van der Waals surface area (Å²) in [5, 5.41) is 13.4. The van der Waals surface area contributed by atoms with Gasteiger partial charge in [0.25, 0.3) is 5.89 Å². The molecule has 0 amide bonds. The summed E-state index contributed by atoms with van der Waals surface area (Å²) in [6.45, 7) is 3.78. The molecule has 0 bridgehead atoms. The van der Waals surface area contributed by atoms with E-state index >= 15 is 0 Å². The topological polar surface area (TPSA) is 54.2 Å². The normalized spacial score (nSPS) is 16.6. The van der Waals surface area contributed by atoms with Gasteiger partial charge in [-0.2, -0.15) is 0 Å². The molecule has 1 N–H and O–H groups in total. The quantitative estimate of drug-likeness (QED) is 0.849. The lowest BCUT2D eigenvalue weighted by Crippen LogP contribution is -2.43. The van der Waals surface area contributed by atoms with Crippen molar-refractivity contribution in [3.63, 3.8) is 0 Å². The second-order valence-electron chi connectivity index (χ2n) is 3.60. The smallest absolute Gasteiger partial charge is 0.318 e. The van der Waals surface area contributed by atoms with Gasteiger partial charge in [-0.05, 0) is 11.4 Å². The third kappa shape index (κ3) is 1.81. The summed E-state index contributed by atoms with van der Waals surface area (Å²) in [6, 6.07) is 4.60. The van der Waals surface area contributed by atoms with Gasteiger partial charge in [-0.3, -0.25) is 0 Å². The number of hydrogen-bond acceptors (Lipinski definition) is 6. The van der Waals surface area contributed by atoms with E-state index in [0.717, 1.165) is 31.1 Å². The van der Waals surface area contributed by atoms with Gasteiger partial charge in [0.05, 0.1) is 4.88 Å². The maximum absolute atomic E-state index is 5.65. The maximum atomic E-state index is 5.65. The summed E-state index contributed by atoms with van der Waals surface area (Å²) in [5.41, 5.74) is 0. The molecule has 5 nitrogen and oxygen atoms in total. The molecule has 3 rings (SSSR count). The first-order chi connectivity index (χ1) is 7.93. The highest BCUT2D eigenvalue weighted by Crippen LogP contribution is 2.25. The van der Waals surface area contributed by atoms with E-state index in [0.29, 0.717) is 11.9 Å². The van der Waals surface area contributed by atoms with Gasteiger partial charge in [0.1, 0.15) is 0 Å². The molecule has 1 aliphatic heterocycles. The minimum absolute atomic E-state index is 0.614. The van der Waals surface area contributed by atoms with Crippen LogP contribution in [0, 0.1) is 0 Å². The summed E-state index contributed by atoms with van der Waals surface area (Å²) >= 11 is 1.61. The zero-order chi connectivity index (χ0) is 10.8. The fourth-order valence-electron chi connectivity index (χ4n) is 1.70. The van der Waals surface area contributed by atoms with Gasteiger partial charge in [-0.1, -0.05) is 11.2 Å². The number of rotatable bonds is 2. The van der Waals surface area contributed by atoms with Crippen molar-refractivity contribution in [3.05, 3.63) is 17.5 Å². The third-order valence-corrected chi connectivity index (χ3v) is 3.39. The number of thiophene rings is 1. The largest absolute Gasteiger partial charge is 0.402 e. The van der Waals surface area contributed by atoms with Crippen LogP contribution in [-0.4, -0.2) is 36.4 Å². The standard InChI is InChI=1S/C10H12N4OS/c1-2-8(16-7-1)9-12-13-10(15-9)14-5-3-11-4-6-14/h1-2,7,11H,3-6H2. The van der Waals surface area contributed by atoms with Crippen LogP contribution in [0.1, 0.15) is 0 Å². The van der Waals surface area contributed by atoms with Crippen LogP contribution >= 0.6 is 11.3 Å². The Balaban J connectivity index is 1.82. The average molecular weight is 236 g/mol. The monoisotopic (exact) mass is 236 g/mol. The van der Waals surface area contributed by atoms with E-state index < -0.39 is 0 Å². The van der Waals surface area contributed by atoms with Gasteiger partial charge in [-0.15, -0.1) is 16.4 Å². The summed E-state index contributed by atoms with van der Waals surface area (Å²) in [6.07, 6.45) is 0. The van der Waals surface area contributed by atoms with Crippen molar-refractivity contribution in [2.24, 2.45) is 0 Å². The predicted molar refractivity (Wildman–Crippen MR) is 62.7 cm³/mol. The first-order valence-corrected chi connectivity index (χ1v) is 6.14. The molecule has 84 valence electrons. The minimum atomic E-state index is 0.614. The molecule has 0 saturated carbocycles. The van der Waals surface area contributed by atoms with Crippen LogP contribution < -0.4 is 10.2 Å². The number of aromatic nitrogens is 2. The molecule has 0 aromatic carbocycles. The Labute approximate surface area is 97.1 Å². The van der Waals surface area contributed by atoms with Crippen LogP contribution in [0.25, 0.3) is 10.8 Å². The average Bonchev–Trinajstić information content (AvgIpc) is 3.01. The fraction of sp³-hybridized carbons (Fsp3) is 0.400. The molecule has 0 unspecified atom stereocenters. The van der Waals surface area contributed by atoms with Crippen molar-refractivity contribution in [1.82, 2.24) is 15.5 Å². The molecule has 3 heterocycles. The van der Waals surface area contributed by atoms with E-state index in [-0.39, 0.29) is 0 Å². The molecular formula is C10H12N4OS. The van der Waals surface area contributed by atoms with Crippen molar-refractivity contribution >= 4 is 17.4 Å². The van der Waals surface area contributed by atoms with E-state index in [2.05, 4.69) is 20.4 Å². The van der Waals surface area contributed by atoms with Crippen molar-refractivity contribution in [2.45, 2.75) is 0 Å². The summed E-state index contributed by atoms with van der Waals surface area (Å²) in [7, 11) is 0. The Hall–Kier alpha value is -1.40. The Morgan fingerprint density at radius 2 is 2.19 bits per heavy atom. The first kappa shape index (κ1) is 9.80. The van der Waals surface area contributed by atoms with Gasteiger partial charge in [0, 0.05) is 26.2 Å². The minimum Gasteiger partial charge on any atom is -0.402 e. The molecule has 16 heavy (non-hydrogen) atoms. The van der Waals surface area contributed by atoms with Crippen molar-refractivity contribution in [1.29, 1.82) is 0 Å². The van der Waals surface area contributed by atoms with Gasteiger partial charge in [-0.25, -0.2) is 0 Å². The van der Waals surface area contributed by atoms with Crippen LogP contribution in [0.4, 0.5) is 6.01 Å². The first-order valence-electron chi connectivity index (χ1n) is 5.26. The lowest BCUT2D eigenvalue weighted by Gasteiger charge is -2.24. The van der Waals surface area contributed by atoms with E-state index in [4.69, 9.17) is 4.42 Å². The zero-order valence-corrected chi connectivity index (χ0v) is 9.54. The van der Waals surface area contributed by atoms with Crippen molar-refractivity contribution in [2.75, 3.05) is 31.1 Å². The highest BCUT2D eigenvalue weighted by atomic mass is 32.1. The lowest BCUT2D eigenvalue weighted by molar-refractivity contribution is 0.506. The number of hydrogen-bond donors (Lipinski definition) is 1. The zero-order valence-electron chi connectivity index (χ0n) is 8.72. The third-order valence-electron chi connectivity index (χ3n) is 2.53. The molecule has 6 heteroatoms. The molecule has 0 spiro atoms. The Kier molecular flexibility index (Phi) is 2.59. The fourth-order valence-corrected chi connectivity index (χ4v) is 2.34. The van der Waals surface area contributed by atoms with Crippen LogP contribution in [-0.2, 0) is 0 Å². The number of nitrogens with zero attached hydrogens (tertiary/aromatic N) is 3. The van der Waals surface area contributed by atoms with Crippen LogP contribution in [0.5, 0.6) is 0 Å². The van der Waals surface area contributed by atoms with Gasteiger partial charge in [0.2, 0.25) is 0 Å². The Morgan fingerprint density at radius 3 is 2.94 bits per heavy atom. The number of anilines is 1. The Morgan fingerprint density at radius 1 is 1.31 bits per heavy atom. The number of nitrogens with one attached hydrogen (secondary N) is 1. The van der Waals surface area contributed by atoms with Gasteiger partial charge in [0.15, 0.2) is 0 Å². The molecule has 1 saturated heterocycles. The second kappa shape index (κ2) is 4.23. The predicted octanol–water partition coefficient (Wildman–Crippen LogP) is 1.21. The lowest BCUT2D eigenvalue weighted by atomic mass is 10.4. The molecule has 2 aromatic heterocycles. The molecule has 2 aromatic rings. The van der Waals surface area contributed by atoms with Gasteiger partial charge < -0.3 is 14.6 Å². The van der Waals surface area contributed by atoms with E-state index in [1.54, 1.807) is 11.3 Å². The maximum Gasteiger partial charge on any atom is 0.318 e. The van der Waals surface area contributed by atoms with Crippen molar-refractivity contribution in [3.8, 4) is 10.8 Å². The highest BCUT2D eigenvalue weighted by Gasteiger charge is 2.17. The van der Waals surface area contributed by atoms with E-state index in [9.17, 15) is 0 Å². The molecular weight excluding hydrogens is 224 g/mol. The SMILES string of the molecule is c1csc(-c2nnc(N3CCNCC3)o2)c1. The van der Waals surface area contributed by atoms with E-state index in [1.807, 2.05) is 17.5 Å². The Bertz CT molecular complexity index is 447. The molecule has 0 radical (unpaired) electrons. The highest BCUT2D eigenvalue weighted by molar-refractivity contribution is 7.13. The summed E-state index contributed by atoms with van der Waals surface area (Å²) in [4.78, 5) is 3.13. The second-order valence-corrected chi connectivity index (χ2v) is 4.55. The molecule has 1 fully saturated rings. The molecule has 1 aliphatic rings. The van der Waals surface area contributed by atoms with Gasteiger partial charge >= 0.3 is 6.01 Å². The van der Waals surface area contributed by atoms with Crippen LogP contribution in [0.15, 0.2) is 21.9 Å². The van der Waals surface area contributed by atoms with Crippen molar-refractivity contribution < 1.29 is 4.42 Å². The van der Waals surface area contributed by atoms with Crippen LogP contribution in [0.2, 0.25) is 0 Å². The van der Waals surface area contributed by atoms with E-state index in [1.165, 1.54) is 0 Å². The summed E-state index contributed by atoms with van der Waals surface area (Å²) < 4.78 is 5.65. The molecule has 0 aliphatic carbocycles. The molecule has 0 atom stereocenters. The van der Waals surface area contributed by atoms with Crippen LogP contribution in [0.3, 0.4) is 0 Å². The number of piperazine rings is 1.